The number of hydrogen-bond donors (Lipinski definition) is 0. The number of aryl methyl sites for hydroxylation is 1. The van der Waals surface area contributed by atoms with Crippen LogP contribution < -0.4 is 9.47 Å². The Morgan fingerprint density at radius 2 is 1.29 bits per heavy atom. The second-order valence-corrected chi connectivity index (χ2v) is 7.47. The molecule has 2 heteroatoms. The summed E-state index contributed by atoms with van der Waals surface area (Å²) in [6, 6.07) is 34.7. The van der Waals surface area contributed by atoms with E-state index in [1.54, 1.807) is 7.11 Å². The van der Waals surface area contributed by atoms with E-state index in [1.165, 1.54) is 0 Å². The predicted octanol–water partition coefficient (Wildman–Crippen LogP) is 7.36. The van der Waals surface area contributed by atoms with E-state index in [1.807, 2.05) is 42.5 Å². The largest absolute Gasteiger partial charge is 0.492 e. The van der Waals surface area contributed by atoms with E-state index in [-0.39, 0.29) is 0 Å². The summed E-state index contributed by atoms with van der Waals surface area (Å²) in [4.78, 5) is 0. The van der Waals surface area contributed by atoms with E-state index in [2.05, 4.69) is 61.5 Å². The Kier molecular flexibility index (Phi) is 6.68. The Labute approximate surface area is 185 Å². The van der Waals surface area contributed by atoms with Crippen LogP contribution in [-0.2, 0) is 13.0 Å². The molecule has 155 valence electrons. The van der Waals surface area contributed by atoms with Gasteiger partial charge in [-0.25, -0.2) is 0 Å². The highest BCUT2D eigenvalue weighted by molar-refractivity contribution is 5.90. The lowest BCUT2D eigenvalue weighted by Gasteiger charge is -2.22. The van der Waals surface area contributed by atoms with Gasteiger partial charge in [-0.1, -0.05) is 104 Å². The van der Waals surface area contributed by atoms with Crippen LogP contribution in [0, 0.1) is 6.07 Å². The maximum absolute atomic E-state index is 6.39. The van der Waals surface area contributed by atoms with Crippen LogP contribution in [0.1, 0.15) is 24.5 Å². The van der Waals surface area contributed by atoms with Crippen molar-refractivity contribution in [3.05, 3.63) is 108 Å². The highest BCUT2D eigenvalue weighted by Gasteiger charge is 2.22. The normalized spacial score (nSPS) is 10.6. The van der Waals surface area contributed by atoms with Crippen molar-refractivity contribution in [3.8, 4) is 33.8 Å². The van der Waals surface area contributed by atoms with Gasteiger partial charge in [0.25, 0.3) is 0 Å². The molecule has 0 aromatic heterocycles. The lowest BCUT2D eigenvalue weighted by atomic mass is 9.90. The molecule has 0 saturated heterocycles. The molecule has 0 atom stereocenters. The Balaban J connectivity index is 1.91. The maximum Gasteiger partial charge on any atom is 0.169 e. The zero-order valence-electron chi connectivity index (χ0n) is 18.1. The molecule has 0 heterocycles. The molecule has 0 spiro atoms. The van der Waals surface area contributed by atoms with Crippen molar-refractivity contribution in [1.82, 2.24) is 0 Å². The third-order valence-electron chi connectivity index (χ3n) is 5.29. The van der Waals surface area contributed by atoms with Crippen LogP contribution in [-0.4, -0.2) is 7.11 Å². The van der Waals surface area contributed by atoms with Crippen LogP contribution in [0.25, 0.3) is 22.3 Å². The molecule has 0 saturated carbocycles. The van der Waals surface area contributed by atoms with Crippen molar-refractivity contribution in [1.29, 1.82) is 0 Å². The number of benzene rings is 4. The lowest BCUT2D eigenvalue weighted by molar-refractivity contribution is 0.282. The zero-order valence-corrected chi connectivity index (χ0v) is 18.1. The van der Waals surface area contributed by atoms with Gasteiger partial charge >= 0.3 is 0 Å². The Bertz CT molecular complexity index is 1100. The van der Waals surface area contributed by atoms with Crippen molar-refractivity contribution >= 4 is 0 Å². The Hall–Kier alpha value is -3.52. The summed E-state index contributed by atoms with van der Waals surface area (Å²) < 4.78 is 12.4. The van der Waals surface area contributed by atoms with Gasteiger partial charge in [0.15, 0.2) is 11.5 Å². The third kappa shape index (κ3) is 4.64. The molecule has 4 aromatic rings. The van der Waals surface area contributed by atoms with Crippen LogP contribution in [0.15, 0.2) is 91.0 Å². The van der Waals surface area contributed by atoms with E-state index >= 15 is 0 Å². The fourth-order valence-electron chi connectivity index (χ4n) is 3.84. The van der Waals surface area contributed by atoms with Crippen LogP contribution >= 0.6 is 0 Å². The SMILES string of the molecule is CCCc1[c]c(-c2ccccc2)c(-c2ccccc2)c(OC)c1OCc1ccccc1. The maximum atomic E-state index is 6.39. The topological polar surface area (TPSA) is 18.5 Å². The van der Waals surface area contributed by atoms with Gasteiger partial charge < -0.3 is 9.47 Å². The first kappa shape index (κ1) is 20.7. The van der Waals surface area contributed by atoms with E-state index in [0.29, 0.717) is 6.61 Å². The first-order valence-electron chi connectivity index (χ1n) is 10.8. The van der Waals surface area contributed by atoms with E-state index < -0.39 is 0 Å². The first-order chi connectivity index (χ1) is 15.3. The molecule has 0 aliphatic rings. The molecule has 4 rings (SSSR count). The molecule has 31 heavy (non-hydrogen) atoms. The summed E-state index contributed by atoms with van der Waals surface area (Å²) in [7, 11) is 1.72. The Morgan fingerprint density at radius 1 is 0.710 bits per heavy atom. The third-order valence-corrected chi connectivity index (χ3v) is 5.29. The fourth-order valence-corrected chi connectivity index (χ4v) is 3.84. The van der Waals surface area contributed by atoms with Crippen LogP contribution in [0.2, 0.25) is 0 Å². The van der Waals surface area contributed by atoms with E-state index in [0.717, 1.165) is 57.7 Å². The molecule has 0 amide bonds. The molecule has 4 aromatic carbocycles. The summed E-state index contributed by atoms with van der Waals surface area (Å²) in [6.07, 6.45) is 1.87. The van der Waals surface area contributed by atoms with Gasteiger partial charge in [0.2, 0.25) is 0 Å². The molecule has 1 radical (unpaired) electrons. The second kappa shape index (κ2) is 9.99. The van der Waals surface area contributed by atoms with Gasteiger partial charge in [-0.05, 0) is 29.2 Å². The van der Waals surface area contributed by atoms with Crippen molar-refractivity contribution in [2.24, 2.45) is 0 Å². The van der Waals surface area contributed by atoms with Gasteiger partial charge in [-0.15, -0.1) is 0 Å². The molecule has 0 fully saturated rings. The number of rotatable bonds is 8. The predicted molar refractivity (Wildman–Crippen MR) is 127 cm³/mol. The minimum Gasteiger partial charge on any atom is -0.492 e. The molecule has 0 bridgehead atoms. The van der Waals surface area contributed by atoms with Gasteiger partial charge in [-0.3, -0.25) is 0 Å². The van der Waals surface area contributed by atoms with Gasteiger partial charge in [0.05, 0.1) is 7.11 Å². The molecule has 0 unspecified atom stereocenters. The number of hydrogen-bond acceptors (Lipinski definition) is 2. The average molecular weight is 408 g/mol. The van der Waals surface area contributed by atoms with Gasteiger partial charge in [0.1, 0.15) is 6.61 Å². The number of methoxy groups -OCH3 is 1. The highest BCUT2D eigenvalue weighted by Crippen LogP contribution is 2.47. The van der Waals surface area contributed by atoms with Crippen molar-refractivity contribution in [2.45, 2.75) is 26.4 Å². The van der Waals surface area contributed by atoms with Crippen LogP contribution in [0.3, 0.4) is 0 Å². The number of ether oxygens (including phenoxy) is 2. The monoisotopic (exact) mass is 407 g/mol. The summed E-state index contributed by atoms with van der Waals surface area (Å²) in [5, 5.41) is 0. The van der Waals surface area contributed by atoms with Crippen molar-refractivity contribution in [3.63, 3.8) is 0 Å². The molecular weight excluding hydrogens is 380 g/mol. The van der Waals surface area contributed by atoms with Crippen molar-refractivity contribution < 1.29 is 9.47 Å². The minimum absolute atomic E-state index is 0.487. The quantitative estimate of drug-likeness (QED) is 0.304. The summed E-state index contributed by atoms with van der Waals surface area (Å²) in [5.41, 5.74) is 6.43. The molecule has 0 aliphatic heterocycles. The smallest absolute Gasteiger partial charge is 0.169 e. The highest BCUT2D eigenvalue weighted by atomic mass is 16.5. The van der Waals surface area contributed by atoms with E-state index in [9.17, 15) is 0 Å². The van der Waals surface area contributed by atoms with Crippen molar-refractivity contribution in [2.75, 3.05) is 7.11 Å². The molecule has 0 N–H and O–H groups in total. The minimum atomic E-state index is 0.487. The lowest BCUT2D eigenvalue weighted by Crippen LogP contribution is -2.04. The Morgan fingerprint density at radius 3 is 1.87 bits per heavy atom. The second-order valence-electron chi connectivity index (χ2n) is 7.47. The first-order valence-corrected chi connectivity index (χ1v) is 10.8. The van der Waals surface area contributed by atoms with E-state index in [4.69, 9.17) is 9.47 Å². The standard InChI is InChI=1S/C29H27O2/c1-3-13-25-20-26(23-16-9-5-10-17-23)27(24-18-11-6-12-19-24)29(30-2)28(25)31-21-22-14-7-4-8-15-22/h4-12,14-19H,3,13,21H2,1-2H3. The van der Waals surface area contributed by atoms with Gasteiger partial charge in [0, 0.05) is 16.7 Å². The molecular formula is C29H27O2. The average Bonchev–Trinajstić information content (AvgIpc) is 2.84. The van der Waals surface area contributed by atoms with Gasteiger partial charge in [-0.2, -0.15) is 0 Å². The summed E-state index contributed by atoms with van der Waals surface area (Å²) in [6.45, 7) is 2.66. The zero-order chi connectivity index (χ0) is 21.5. The molecule has 2 nitrogen and oxygen atoms in total. The molecule has 0 aliphatic carbocycles. The fraction of sp³-hybridized carbons (Fsp3) is 0.172. The summed E-state index contributed by atoms with van der Waals surface area (Å²) in [5.74, 6) is 1.55. The van der Waals surface area contributed by atoms with Crippen LogP contribution in [0.5, 0.6) is 11.5 Å². The summed E-state index contributed by atoms with van der Waals surface area (Å²) >= 11 is 0. The van der Waals surface area contributed by atoms with Crippen LogP contribution in [0.4, 0.5) is 0 Å².